The van der Waals surface area contributed by atoms with Crippen LogP contribution >= 0.6 is 11.3 Å². The number of rotatable bonds is 1. The summed E-state index contributed by atoms with van der Waals surface area (Å²) >= 11 is 1.87. The summed E-state index contributed by atoms with van der Waals surface area (Å²) in [6.07, 6.45) is 10.6. The molecule has 0 aliphatic heterocycles. The third-order valence-corrected chi connectivity index (χ3v) is 2.86. The van der Waals surface area contributed by atoms with Gasteiger partial charge in [0.05, 0.1) is 0 Å². The largest absolute Gasteiger partial charge is 0.146 e. The summed E-state index contributed by atoms with van der Waals surface area (Å²) in [5.74, 6) is 0. The Morgan fingerprint density at radius 2 is 1.22 bits per heavy atom. The van der Waals surface area contributed by atoms with Gasteiger partial charge in [0, 0.05) is 9.75 Å². The van der Waals surface area contributed by atoms with E-state index in [-0.39, 0.29) is 0 Å². The van der Waals surface area contributed by atoms with Crippen LogP contribution in [-0.4, -0.2) is 0 Å². The lowest BCUT2D eigenvalue weighted by atomic mass is 10.3. The van der Waals surface area contributed by atoms with Crippen molar-refractivity contribution in [1.29, 1.82) is 0 Å². The first kappa shape index (κ1) is 26.0. The van der Waals surface area contributed by atoms with E-state index < -0.39 is 0 Å². The molecule has 0 atom stereocenters. The summed E-state index contributed by atoms with van der Waals surface area (Å²) in [4.78, 5) is 2.86. The van der Waals surface area contributed by atoms with Crippen LogP contribution in [0.2, 0.25) is 0 Å². The molecule has 0 saturated carbocycles. The molecule has 0 aromatic carbocycles. The Hall–Kier alpha value is -0.740. The molecule has 108 valence electrons. The minimum atomic E-state index is 1.32. The van der Waals surface area contributed by atoms with Crippen LogP contribution in [0, 0.1) is 33.6 Å². The quantitative estimate of drug-likeness (QED) is 0.493. The van der Waals surface area contributed by atoms with Gasteiger partial charge in [-0.3, -0.25) is 0 Å². The molecule has 0 amide bonds. The second kappa shape index (κ2) is 25.2. The lowest BCUT2D eigenvalue weighted by molar-refractivity contribution is 0.886. The molecule has 0 saturated heterocycles. The fraction of sp³-hybridized carbons (Fsp3) is 0.647. The van der Waals surface area contributed by atoms with Crippen LogP contribution < -0.4 is 0 Å². The van der Waals surface area contributed by atoms with Crippen molar-refractivity contribution in [1.82, 2.24) is 0 Å². The van der Waals surface area contributed by atoms with Gasteiger partial charge in [-0.15, -0.1) is 24.2 Å². The standard InChI is InChI=1S/C7H10S.C4H10.2C2H6.C2H2/c1-5-4-6(2)8-7(5)3;1-3-4-2;3*1-2/h4H,1-3H3;3-4H2,1-2H3;2*1-2H3;1-2H. The van der Waals surface area contributed by atoms with Gasteiger partial charge in [0.2, 0.25) is 0 Å². The zero-order valence-corrected chi connectivity index (χ0v) is 14.9. The highest BCUT2D eigenvalue weighted by atomic mass is 32.1. The number of aryl methyl sites for hydroxylation is 3. The minimum Gasteiger partial charge on any atom is -0.146 e. The van der Waals surface area contributed by atoms with E-state index in [0.717, 1.165) is 0 Å². The highest BCUT2D eigenvalue weighted by molar-refractivity contribution is 7.12. The second-order valence-electron chi connectivity index (χ2n) is 3.10. The van der Waals surface area contributed by atoms with Gasteiger partial charge >= 0.3 is 0 Å². The first-order valence-electron chi connectivity index (χ1n) is 6.98. The van der Waals surface area contributed by atoms with E-state index in [4.69, 9.17) is 0 Å². The number of thiophene rings is 1. The molecular weight excluding hydrogens is 236 g/mol. The SMILES string of the molecule is C#C.CC.CC.CCCC.Cc1cc(C)c(C)s1. The molecule has 0 bridgehead atoms. The van der Waals surface area contributed by atoms with Gasteiger partial charge in [-0.05, 0) is 32.4 Å². The van der Waals surface area contributed by atoms with E-state index in [2.05, 4.69) is 53.5 Å². The first-order valence-corrected chi connectivity index (χ1v) is 7.80. The summed E-state index contributed by atoms with van der Waals surface area (Å²) in [6, 6.07) is 2.22. The molecule has 0 N–H and O–H groups in total. The van der Waals surface area contributed by atoms with E-state index in [1.165, 1.54) is 28.2 Å². The van der Waals surface area contributed by atoms with Crippen LogP contribution in [-0.2, 0) is 0 Å². The third kappa shape index (κ3) is 20.6. The maximum Gasteiger partial charge on any atom is 0.00462 e. The van der Waals surface area contributed by atoms with Crippen molar-refractivity contribution in [2.75, 3.05) is 0 Å². The van der Waals surface area contributed by atoms with Crippen molar-refractivity contribution in [2.45, 2.75) is 75.2 Å². The van der Waals surface area contributed by atoms with Crippen LogP contribution in [0.25, 0.3) is 0 Å². The third-order valence-electron chi connectivity index (χ3n) is 1.79. The molecular formula is C17H34S. The topological polar surface area (TPSA) is 0 Å². The summed E-state index contributed by atoms with van der Waals surface area (Å²) in [7, 11) is 0. The maximum atomic E-state index is 4.00. The highest BCUT2D eigenvalue weighted by Crippen LogP contribution is 2.18. The number of hydrogen-bond acceptors (Lipinski definition) is 1. The van der Waals surface area contributed by atoms with Crippen LogP contribution in [0.1, 0.15) is 69.7 Å². The summed E-state index contributed by atoms with van der Waals surface area (Å²) in [5, 5.41) is 0. The molecule has 0 radical (unpaired) electrons. The van der Waals surface area contributed by atoms with Gasteiger partial charge in [-0.1, -0.05) is 54.4 Å². The molecule has 0 nitrogen and oxygen atoms in total. The second-order valence-corrected chi connectivity index (χ2v) is 4.56. The first-order chi connectivity index (χ1) is 8.61. The molecule has 0 unspecified atom stereocenters. The molecule has 18 heavy (non-hydrogen) atoms. The zero-order chi connectivity index (χ0) is 15.6. The molecule has 0 aliphatic rings. The van der Waals surface area contributed by atoms with Crippen molar-refractivity contribution >= 4 is 11.3 Å². The average Bonchev–Trinajstić information content (AvgIpc) is 2.74. The van der Waals surface area contributed by atoms with Gasteiger partial charge in [-0.2, -0.15) is 0 Å². The molecule has 1 aromatic heterocycles. The fourth-order valence-electron chi connectivity index (χ4n) is 0.758. The number of hydrogen-bond donors (Lipinski definition) is 0. The molecule has 1 heteroatoms. The average molecular weight is 271 g/mol. The van der Waals surface area contributed by atoms with Crippen LogP contribution in [0.5, 0.6) is 0 Å². The van der Waals surface area contributed by atoms with E-state index in [1.807, 2.05) is 39.0 Å². The molecule has 0 spiro atoms. The Balaban J connectivity index is -0.0000000841. The lowest BCUT2D eigenvalue weighted by Crippen LogP contribution is -1.62. The maximum absolute atomic E-state index is 4.00. The van der Waals surface area contributed by atoms with Gasteiger partial charge < -0.3 is 0 Å². The number of terminal acetylenes is 1. The predicted molar refractivity (Wildman–Crippen MR) is 91.7 cm³/mol. The van der Waals surface area contributed by atoms with Crippen molar-refractivity contribution in [3.63, 3.8) is 0 Å². The Morgan fingerprint density at radius 1 is 0.889 bits per heavy atom. The van der Waals surface area contributed by atoms with Gasteiger partial charge in [0.25, 0.3) is 0 Å². The monoisotopic (exact) mass is 270 g/mol. The molecule has 1 rings (SSSR count). The van der Waals surface area contributed by atoms with Crippen molar-refractivity contribution < 1.29 is 0 Å². The van der Waals surface area contributed by atoms with Crippen molar-refractivity contribution in [3.8, 4) is 12.8 Å². The Kier molecular flexibility index (Phi) is 36.3. The Morgan fingerprint density at radius 3 is 1.28 bits per heavy atom. The van der Waals surface area contributed by atoms with E-state index in [1.54, 1.807) is 0 Å². The number of unbranched alkanes of at least 4 members (excludes halogenated alkanes) is 1. The van der Waals surface area contributed by atoms with Crippen LogP contribution in [0.3, 0.4) is 0 Å². The zero-order valence-electron chi connectivity index (χ0n) is 14.1. The predicted octanol–water partition coefficient (Wildman–Crippen LogP) is 6.78. The summed E-state index contributed by atoms with van der Waals surface area (Å²) in [5.41, 5.74) is 1.42. The van der Waals surface area contributed by atoms with Crippen molar-refractivity contribution in [2.24, 2.45) is 0 Å². The summed E-state index contributed by atoms with van der Waals surface area (Å²) in [6.45, 7) is 18.8. The molecule has 0 fully saturated rings. The smallest absolute Gasteiger partial charge is 0.00462 e. The molecule has 1 aromatic rings. The molecule has 0 aliphatic carbocycles. The summed E-state index contributed by atoms with van der Waals surface area (Å²) < 4.78 is 0. The van der Waals surface area contributed by atoms with E-state index in [9.17, 15) is 0 Å². The fourth-order valence-corrected chi connectivity index (χ4v) is 1.70. The van der Waals surface area contributed by atoms with Gasteiger partial charge in [-0.25, -0.2) is 0 Å². The van der Waals surface area contributed by atoms with Gasteiger partial charge in [0.1, 0.15) is 0 Å². The van der Waals surface area contributed by atoms with E-state index in [0.29, 0.717) is 0 Å². The lowest BCUT2D eigenvalue weighted by Gasteiger charge is -1.79. The van der Waals surface area contributed by atoms with E-state index >= 15 is 0 Å². The Labute approximate surface area is 121 Å². The van der Waals surface area contributed by atoms with Gasteiger partial charge in [0.15, 0.2) is 0 Å². The van der Waals surface area contributed by atoms with Crippen LogP contribution in [0.4, 0.5) is 0 Å². The Bertz CT molecular complexity index is 222. The van der Waals surface area contributed by atoms with Crippen molar-refractivity contribution in [3.05, 3.63) is 21.4 Å². The normalized spacial score (nSPS) is 6.83. The highest BCUT2D eigenvalue weighted by Gasteiger charge is 1.93. The molecule has 1 heterocycles. The minimum absolute atomic E-state index is 1.32. The van der Waals surface area contributed by atoms with Crippen LogP contribution in [0.15, 0.2) is 6.07 Å².